The van der Waals surface area contributed by atoms with Crippen LogP contribution in [0.15, 0.2) is 0 Å². The minimum atomic E-state index is -1.42. The minimum Gasteiger partial charge on any atom is -0.414 e. The number of carbonyl (C=O) groups is 1. The van der Waals surface area contributed by atoms with E-state index >= 15 is 0 Å². The van der Waals surface area contributed by atoms with Crippen LogP contribution in [0.5, 0.6) is 0 Å². The van der Waals surface area contributed by atoms with Gasteiger partial charge < -0.3 is 4.43 Å². The zero-order valence-electron chi connectivity index (χ0n) is 8.51. The van der Waals surface area contributed by atoms with Gasteiger partial charge in [-0.3, -0.25) is 4.79 Å². The summed E-state index contributed by atoms with van der Waals surface area (Å²) in [7, 11) is -1.42. The third-order valence-electron chi connectivity index (χ3n) is 1.08. The van der Waals surface area contributed by atoms with Crippen molar-refractivity contribution in [3.8, 4) is 0 Å². The Morgan fingerprint density at radius 2 is 2.00 bits per heavy atom. The summed E-state index contributed by atoms with van der Waals surface area (Å²) in [6, 6.07) is 0. The van der Waals surface area contributed by atoms with Crippen molar-refractivity contribution in [1.82, 2.24) is 0 Å². The molecule has 0 aromatic carbocycles. The molecule has 0 spiro atoms. The average Bonchev–Trinajstić information content (AvgIpc) is 1.79. The lowest BCUT2D eigenvalue weighted by Crippen LogP contribution is -2.31. The Balaban J connectivity index is 3.60. The van der Waals surface area contributed by atoms with Crippen LogP contribution in [0, 0.1) is 0 Å². The number of carbonyl (C=O) groups excluding carboxylic acids is 1. The maximum Gasteiger partial charge on any atom is 0.185 e. The number of rotatable bonds is 4. The van der Waals surface area contributed by atoms with Gasteiger partial charge in [-0.15, -0.1) is 0 Å². The first kappa shape index (κ1) is 12.2. The van der Waals surface area contributed by atoms with E-state index < -0.39 is 8.32 Å². The van der Waals surface area contributed by atoms with Gasteiger partial charge in [-0.05, 0) is 26.6 Å². The van der Waals surface area contributed by atoms with Gasteiger partial charge in [-0.25, -0.2) is 0 Å². The molecule has 0 amide bonds. The average molecular weight is 206 g/mol. The lowest BCUT2D eigenvalue weighted by atomic mass is 10.5. The van der Waals surface area contributed by atoms with E-state index in [9.17, 15) is 4.79 Å². The molecule has 0 aliphatic heterocycles. The zero-order valence-corrected chi connectivity index (χ0v) is 10.3. The SMILES string of the molecule is CC(=O)SCC(C)O[Si](C)(C)C. The first-order valence-electron chi connectivity index (χ1n) is 4.12. The maximum absolute atomic E-state index is 10.6. The highest BCUT2D eigenvalue weighted by Crippen LogP contribution is 2.12. The fraction of sp³-hybridized carbons (Fsp3) is 0.875. The van der Waals surface area contributed by atoms with E-state index in [-0.39, 0.29) is 11.2 Å². The molecule has 0 aromatic heterocycles. The third kappa shape index (κ3) is 8.29. The Hall–Kier alpha value is 0.197. The van der Waals surface area contributed by atoms with Gasteiger partial charge >= 0.3 is 0 Å². The van der Waals surface area contributed by atoms with E-state index in [1.165, 1.54) is 11.8 Å². The number of thioether (sulfide) groups is 1. The van der Waals surface area contributed by atoms with Crippen molar-refractivity contribution in [3.05, 3.63) is 0 Å². The molecule has 0 fully saturated rings. The fourth-order valence-corrected chi connectivity index (χ4v) is 2.82. The second-order valence-electron chi connectivity index (χ2n) is 3.84. The van der Waals surface area contributed by atoms with Crippen molar-refractivity contribution in [2.75, 3.05) is 5.75 Å². The van der Waals surface area contributed by atoms with E-state index in [0.717, 1.165) is 5.75 Å². The van der Waals surface area contributed by atoms with Crippen LogP contribution in [0.4, 0.5) is 0 Å². The van der Waals surface area contributed by atoms with E-state index in [1.807, 2.05) is 6.92 Å². The largest absolute Gasteiger partial charge is 0.414 e. The Morgan fingerprint density at radius 1 is 1.50 bits per heavy atom. The molecular formula is C8H18O2SSi. The quantitative estimate of drug-likeness (QED) is 0.661. The van der Waals surface area contributed by atoms with Gasteiger partial charge in [0.15, 0.2) is 13.4 Å². The van der Waals surface area contributed by atoms with Crippen molar-refractivity contribution in [2.45, 2.75) is 39.6 Å². The molecule has 4 heteroatoms. The summed E-state index contributed by atoms with van der Waals surface area (Å²) in [5.74, 6) is 0.777. The van der Waals surface area contributed by atoms with Crippen molar-refractivity contribution in [2.24, 2.45) is 0 Å². The molecule has 12 heavy (non-hydrogen) atoms. The smallest absolute Gasteiger partial charge is 0.185 e. The van der Waals surface area contributed by atoms with Crippen molar-refractivity contribution < 1.29 is 9.22 Å². The van der Waals surface area contributed by atoms with E-state index in [1.54, 1.807) is 6.92 Å². The van der Waals surface area contributed by atoms with E-state index in [4.69, 9.17) is 4.43 Å². The summed E-state index contributed by atoms with van der Waals surface area (Å²) in [5, 5.41) is 0.168. The molecule has 0 aliphatic carbocycles. The molecule has 2 nitrogen and oxygen atoms in total. The van der Waals surface area contributed by atoms with Crippen LogP contribution in [0.2, 0.25) is 19.6 Å². The maximum atomic E-state index is 10.6. The lowest BCUT2D eigenvalue weighted by molar-refractivity contribution is -0.109. The molecule has 0 radical (unpaired) electrons. The van der Waals surface area contributed by atoms with Gasteiger partial charge in [0.2, 0.25) is 0 Å². The predicted octanol–water partition coefficient (Wildman–Crippen LogP) is 2.51. The van der Waals surface area contributed by atoms with Gasteiger partial charge in [-0.2, -0.15) is 0 Å². The molecule has 0 heterocycles. The highest BCUT2D eigenvalue weighted by Gasteiger charge is 2.18. The first-order chi connectivity index (χ1) is 5.31. The van der Waals surface area contributed by atoms with Gasteiger partial charge in [0, 0.05) is 12.7 Å². The monoisotopic (exact) mass is 206 g/mol. The van der Waals surface area contributed by atoms with Crippen LogP contribution in [-0.2, 0) is 9.22 Å². The Bertz CT molecular complexity index is 154. The Morgan fingerprint density at radius 3 is 2.33 bits per heavy atom. The molecule has 72 valence electrons. The van der Waals surface area contributed by atoms with Gasteiger partial charge in [-0.1, -0.05) is 11.8 Å². The van der Waals surface area contributed by atoms with Crippen LogP contribution in [0.3, 0.4) is 0 Å². The van der Waals surface area contributed by atoms with Crippen molar-refractivity contribution in [3.63, 3.8) is 0 Å². The fourth-order valence-electron chi connectivity index (χ4n) is 0.872. The summed E-state index contributed by atoms with van der Waals surface area (Å²) in [4.78, 5) is 10.6. The lowest BCUT2D eigenvalue weighted by Gasteiger charge is -2.22. The Labute approximate surface area is 80.2 Å². The predicted molar refractivity (Wildman–Crippen MR) is 57.0 cm³/mol. The molecule has 0 aromatic rings. The molecule has 0 saturated carbocycles. The summed E-state index contributed by atoms with van der Waals surface area (Å²) < 4.78 is 5.75. The molecule has 0 bridgehead atoms. The summed E-state index contributed by atoms with van der Waals surface area (Å²) in [6.07, 6.45) is 0.200. The van der Waals surface area contributed by atoms with Crippen LogP contribution < -0.4 is 0 Å². The van der Waals surface area contributed by atoms with Gasteiger partial charge in [0.05, 0.1) is 6.10 Å². The molecular weight excluding hydrogens is 188 g/mol. The van der Waals surface area contributed by atoms with Crippen LogP contribution in [0.25, 0.3) is 0 Å². The van der Waals surface area contributed by atoms with Crippen LogP contribution in [0.1, 0.15) is 13.8 Å². The highest BCUT2D eigenvalue weighted by atomic mass is 32.2. The molecule has 0 aliphatic rings. The molecule has 1 atom stereocenters. The first-order valence-corrected chi connectivity index (χ1v) is 8.52. The molecule has 0 rings (SSSR count). The molecule has 1 unspecified atom stereocenters. The van der Waals surface area contributed by atoms with Crippen molar-refractivity contribution in [1.29, 1.82) is 0 Å². The van der Waals surface area contributed by atoms with Crippen LogP contribution in [-0.4, -0.2) is 25.3 Å². The van der Waals surface area contributed by atoms with E-state index in [0.29, 0.717) is 0 Å². The summed E-state index contributed by atoms with van der Waals surface area (Å²) >= 11 is 1.34. The second-order valence-corrected chi connectivity index (χ2v) is 9.50. The Kier molecular flexibility index (Phi) is 5.12. The third-order valence-corrected chi connectivity index (χ3v) is 3.23. The number of hydrogen-bond donors (Lipinski definition) is 0. The van der Waals surface area contributed by atoms with Gasteiger partial charge in [0.25, 0.3) is 0 Å². The van der Waals surface area contributed by atoms with E-state index in [2.05, 4.69) is 19.6 Å². The summed E-state index contributed by atoms with van der Waals surface area (Å²) in [6.45, 7) is 10.1. The van der Waals surface area contributed by atoms with Gasteiger partial charge in [0.1, 0.15) is 0 Å². The highest BCUT2D eigenvalue weighted by molar-refractivity contribution is 8.13. The standard InChI is InChI=1S/C8H18O2SSi/c1-7(6-11-8(2)9)10-12(3,4)5/h7H,6H2,1-5H3. The van der Waals surface area contributed by atoms with Crippen LogP contribution >= 0.6 is 11.8 Å². The topological polar surface area (TPSA) is 26.3 Å². The van der Waals surface area contributed by atoms with Crippen molar-refractivity contribution >= 4 is 25.2 Å². The normalized spacial score (nSPS) is 14.4. The summed E-state index contributed by atoms with van der Waals surface area (Å²) in [5.41, 5.74) is 0. The number of hydrogen-bond acceptors (Lipinski definition) is 3. The zero-order chi connectivity index (χ0) is 9.78. The second kappa shape index (κ2) is 5.04. The minimum absolute atomic E-state index is 0.168. The molecule has 0 N–H and O–H groups in total. The molecule has 0 saturated heterocycles.